The van der Waals surface area contributed by atoms with Gasteiger partial charge in [-0.05, 0) is 61.0 Å². The van der Waals surface area contributed by atoms with Crippen molar-refractivity contribution in [2.75, 3.05) is 44.8 Å². The van der Waals surface area contributed by atoms with Crippen LogP contribution in [0.1, 0.15) is 18.5 Å². The normalized spacial score (nSPS) is 14.8. The molecule has 0 spiro atoms. The van der Waals surface area contributed by atoms with Crippen molar-refractivity contribution in [2.45, 2.75) is 17.9 Å². The van der Waals surface area contributed by atoms with Gasteiger partial charge in [0.25, 0.3) is 5.91 Å². The fourth-order valence-electron chi connectivity index (χ4n) is 4.07. The number of amides is 1. The molecule has 3 aromatic rings. The molecule has 8 nitrogen and oxygen atoms in total. The van der Waals surface area contributed by atoms with Gasteiger partial charge in [0, 0.05) is 37.9 Å². The molecule has 0 aromatic heterocycles. The zero-order valence-corrected chi connectivity index (χ0v) is 21.3. The zero-order chi connectivity index (χ0) is 25.5. The molecule has 190 valence electrons. The Kier molecular flexibility index (Phi) is 8.12. The Morgan fingerprint density at radius 2 is 1.50 bits per heavy atom. The Hall–Kier alpha value is -3.56. The van der Waals surface area contributed by atoms with E-state index in [2.05, 4.69) is 9.62 Å². The van der Waals surface area contributed by atoms with Crippen molar-refractivity contribution < 1.29 is 22.7 Å². The summed E-state index contributed by atoms with van der Waals surface area (Å²) >= 11 is 0. The first-order valence-electron chi connectivity index (χ1n) is 11.8. The van der Waals surface area contributed by atoms with Gasteiger partial charge in [-0.25, -0.2) is 13.1 Å². The second-order valence-corrected chi connectivity index (χ2v) is 10.3. The molecule has 1 amide bonds. The molecule has 0 aliphatic carbocycles. The van der Waals surface area contributed by atoms with Gasteiger partial charge in [0.15, 0.2) is 6.61 Å². The third-order valence-electron chi connectivity index (χ3n) is 6.20. The van der Waals surface area contributed by atoms with E-state index >= 15 is 0 Å². The van der Waals surface area contributed by atoms with Crippen molar-refractivity contribution in [2.24, 2.45) is 0 Å². The Morgan fingerprint density at radius 3 is 2.11 bits per heavy atom. The van der Waals surface area contributed by atoms with Crippen molar-refractivity contribution >= 4 is 21.6 Å². The van der Waals surface area contributed by atoms with Crippen LogP contribution in [0.5, 0.6) is 11.5 Å². The molecule has 1 aliphatic rings. The van der Waals surface area contributed by atoms with E-state index in [-0.39, 0.29) is 23.5 Å². The number of piperazine rings is 1. The van der Waals surface area contributed by atoms with Gasteiger partial charge < -0.3 is 19.3 Å². The second-order valence-electron chi connectivity index (χ2n) is 8.58. The molecule has 1 atom stereocenters. The van der Waals surface area contributed by atoms with Crippen LogP contribution in [0.25, 0.3) is 0 Å². The Balaban J connectivity index is 1.26. The van der Waals surface area contributed by atoms with Crippen LogP contribution in [0.4, 0.5) is 5.69 Å². The molecule has 3 aromatic carbocycles. The smallest absolute Gasteiger partial charge is 0.260 e. The lowest BCUT2D eigenvalue weighted by Crippen LogP contribution is -2.50. The van der Waals surface area contributed by atoms with Crippen molar-refractivity contribution in [3.63, 3.8) is 0 Å². The number of hydrogen-bond donors (Lipinski definition) is 1. The number of carbonyl (C=O) groups excluding carboxylic acids is 1. The fourth-order valence-corrected chi connectivity index (χ4v) is 5.30. The number of nitrogens with one attached hydrogen (secondary N) is 1. The average molecular weight is 510 g/mol. The quantitative estimate of drug-likeness (QED) is 0.475. The SMILES string of the molecule is COc1ccc(N2CCN(C(=O)COc3ccc(S(=O)(=O)N[C@@H](C)c4ccccc4)cc3)CC2)cc1. The van der Waals surface area contributed by atoms with E-state index in [1.54, 1.807) is 31.1 Å². The van der Waals surface area contributed by atoms with Crippen LogP contribution >= 0.6 is 0 Å². The van der Waals surface area contributed by atoms with Gasteiger partial charge in [0.2, 0.25) is 10.0 Å². The standard InChI is InChI=1S/C27H31N3O5S/c1-21(22-6-4-3-5-7-22)28-36(32,33)26-14-12-25(13-15-26)35-20-27(31)30-18-16-29(17-19-30)23-8-10-24(34-2)11-9-23/h3-15,21,28H,16-20H2,1-2H3/t21-/m0/s1. The van der Waals surface area contributed by atoms with Gasteiger partial charge >= 0.3 is 0 Å². The molecular formula is C27H31N3O5S. The topological polar surface area (TPSA) is 88.2 Å². The highest BCUT2D eigenvalue weighted by Crippen LogP contribution is 2.22. The number of nitrogens with zero attached hydrogens (tertiary/aromatic N) is 2. The van der Waals surface area contributed by atoms with Crippen LogP contribution in [0.15, 0.2) is 83.8 Å². The largest absolute Gasteiger partial charge is 0.497 e. The number of methoxy groups -OCH3 is 1. The minimum Gasteiger partial charge on any atom is -0.497 e. The lowest BCUT2D eigenvalue weighted by molar-refractivity contribution is -0.133. The highest BCUT2D eigenvalue weighted by Gasteiger charge is 2.22. The van der Waals surface area contributed by atoms with Crippen LogP contribution in [0.2, 0.25) is 0 Å². The third-order valence-corrected chi connectivity index (χ3v) is 7.75. The summed E-state index contributed by atoms with van der Waals surface area (Å²) in [5.41, 5.74) is 1.98. The monoisotopic (exact) mass is 509 g/mol. The highest BCUT2D eigenvalue weighted by atomic mass is 32.2. The van der Waals surface area contributed by atoms with Crippen molar-refractivity contribution in [3.8, 4) is 11.5 Å². The molecule has 0 bridgehead atoms. The van der Waals surface area contributed by atoms with Crippen LogP contribution in [0.3, 0.4) is 0 Å². The van der Waals surface area contributed by atoms with Gasteiger partial charge in [-0.1, -0.05) is 30.3 Å². The molecule has 36 heavy (non-hydrogen) atoms. The molecule has 1 aliphatic heterocycles. The molecule has 9 heteroatoms. The van der Waals surface area contributed by atoms with Gasteiger partial charge in [-0.15, -0.1) is 0 Å². The van der Waals surface area contributed by atoms with E-state index in [0.29, 0.717) is 18.8 Å². The van der Waals surface area contributed by atoms with Crippen LogP contribution in [0, 0.1) is 0 Å². The summed E-state index contributed by atoms with van der Waals surface area (Å²) < 4.78 is 39.0. The predicted molar refractivity (Wildman–Crippen MR) is 139 cm³/mol. The molecule has 0 saturated carbocycles. The first-order chi connectivity index (χ1) is 17.4. The number of rotatable bonds is 9. The maximum Gasteiger partial charge on any atom is 0.260 e. The number of ether oxygens (including phenoxy) is 2. The van der Waals surface area contributed by atoms with Gasteiger partial charge in [-0.3, -0.25) is 4.79 Å². The molecule has 1 saturated heterocycles. The number of hydrogen-bond acceptors (Lipinski definition) is 6. The second kappa shape index (κ2) is 11.5. The minimum atomic E-state index is -3.70. The fraction of sp³-hybridized carbons (Fsp3) is 0.296. The van der Waals surface area contributed by atoms with Crippen molar-refractivity contribution in [1.82, 2.24) is 9.62 Å². The van der Waals surface area contributed by atoms with Crippen LogP contribution in [-0.4, -0.2) is 59.1 Å². The number of anilines is 1. The summed E-state index contributed by atoms with van der Waals surface area (Å²) in [6.07, 6.45) is 0. The number of carbonyl (C=O) groups is 1. The summed E-state index contributed by atoms with van der Waals surface area (Å²) in [6, 6.07) is 23.0. The third kappa shape index (κ3) is 6.35. The molecule has 1 N–H and O–H groups in total. The summed E-state index contributed by atoms with van der Waals surface area (Å²) in [7, 11) is -2.06. The number of sulfonamides is 1. The average Bonchev–Trinajstić information content (AvgIpc) is 2.92. The molecular weight excluding hydrogens is 478 g/mol. The highest BCUT2D eigenvalue weighted by molar-refractivity contribution is 7.89. The van der Waals surface area contributed by atoms with E-state index in [9.17, 15) is 13.2 Å². The van der Waals surface area contributed by atoms with E-state index in [4.69, 9.17) is 9.47 Å². The molecule has 0 unspecified atom stereocenters. The summed E-state index contributed by atoms with van der Waals surface area (Å²) in [6.45, 7) is 4.39. The molecule has 4 rings (SSSR count). The molecule has 1 fully saturated rings. The first kappa shape index (κ1) is 25.5. The van der Waals surface area contributed by atoms with E-state index in [0.717, 1.165) is 30.1 Å². The molecule has 0 radical (unpaired) electrons. The summed E-state index contributed by atoms with van der Waals surface area (Å²) in [5.74, 6) is 1.16. The van der Waals surface area contributed by atoms with E-state index < -0.39 is 10.0 Å². The Morgan fingerprint density at radius 1 is 0.889 bits per heavy atom. The summed E-state index contributed by atoms with van der Waals surface area (Å²) in [4.78, 5) is 16.8. The maximum atomic E-state index is 12.7. The van der Waals surface area contributed by atoms with Gasteiger partial charge in [0.1, 0.15) is 11.5 Å². The lowest BCUT2D eigenvalue weighted by atomic mass is 10.1. The number of benzene rings is 3. The van der Waals surface area contributed by atoms with Crippen molar-refractivity contribution in [1.29, 1.82) is 0 Å². The van der Waals surface area contributed by atoms with Gasteiger partial charge in [0.05, 0.1) is 12.0 Å². The Labute approximate surface area is 212 Å². The van der Waals surface area contributed by atoms with Gasteiger partial charge in [-0.2, -0.15) is 0 Å². The zero-order valence-electron chi connectivity index (χ0n) is 20.5. The van der Waals surface area contributed by atoms with E-state index in [1.165, 1.54) is 12.1 Å². The van der Waals surface area contributed by atoms with E-state index in [1.807, 2.05) is 54.6 Å². The maximum absolute atomic E-state index is 12.7. The molecule has 1 heterocycles. The Bertz CT molecular complexity index is 1240. The van der Waals surface area contributed by atoms with Crippen molar-refractivity contribution in [3.05, 3.63) is 84.4 Å². The lowest BCUT2D eigenvalue weighted by Gasteiger charge is -2.36. The summed E-state index contributed by atoms with van der Waals surface area (Å²) in [5, 5.41) is 0. The minimum absolute atomic E-state index is 0.0977. The first-order valence-corrected chi connectivity index (χ1v) is 13.3. The van der Waals surface area contributed by atoms with Crippen LogP contribution < -0.4 is 19.1 Å². The van der Waals surface area contributed by atoms with Crippen LogP contribution in [-0.2, 0) is 14.8 Å². The predicted octanol–water partition coefficient (Wildman–Crippen LogP) is 3.46.